The first-order chi connectivity index (χ1) is 8.79. The van der Waals surface area contributed by atoms with Crippen LogP contribution in [0.25, 0.3) is 11.0 Å². The maximum absolute atomic E-state index is 5.78. The second-order valence-corrected chi connectivity index (χ2v) is 5.30. The molecule has 2 aromatic rings. The monoisotopic (exact) mass is 359 g/mol. The molecule has 1 saturated heterocycles. The van der Waals surface area contributed by atoms with E-state index >= 15 is 0 Å². The third-order valence-electron chi connectivity index (χ3n) is 3.12. The Bertz CT molecular complexity index is 564. The van der Waals surface area contributed by atoms with Crippen LogP contribution in [0.4, 0.5) is 0 Å². The number of methoxy groups -OCH3 is 1. The average molecular weight is 359 g/mol. The second kappa shape index (κ2) is 5.00. The molecule has 0 radical (unpaired) electrons. The standard InChI is InChI=1S/C12H14IN3O2/c1-17-9-6-5-8-11(13)15-16(12(8)14-9)10-4-2-3-7-18-10/h5-6,10H,2-4,7H2,1H3. The smallest absolute Gasteiger partial charge is 0.214 e. The van der Waals surface area contributed by atoms with Crippen molar-refractivity contribution in [1.29, 1.82) is 0 Å². The Balaban J connectivity index is 2.09. The molecular weight excluding hydrogens is 345 g/mol. The van der Waals surface area contributed by atoms with Gasteiger partial charge >= 0.3 is 0 Å². The van der Waals surface area contributed by atoms with Crippen molar-refractivity contribution in [2.75, 3.05) is 13.7 Å². The summed E-state index contributed by atoms with van der Waals surface area (Å²) in [5.41, 5.74) is 0.839. The van der Waals surface area contributed by atoms with Crippen molar-refractivity contribution in [2.45, 2.75) is 25.5 Å². The number of aromatic nitrogens is 3. The number of hydrogen-bond donors (Lipinski definition) is 0. The highest BCUT2D eigenvalue weighted by Gasteiger charge is 2.21. The van der Waals surface area contributed by atoms with Gasteiger partial charge in [0.15, 0.2) is 11.9 Å². The summed E-state index contributed by atoms with van der Waals surface area (Å²) in [7, 11) is 1.62. The molecule has 1 aliphatic rings. The van der Waals surface area contributed by atoms with Gasteiger partial charge in [-0.3, -0.25) is 0 Å². The van der Waals surface area contributed by atoms with Gasteiger partial charge in [0.2, 0.25) is 5.88 Å². The average Bonchev–Trinajstić information content (AvgIpc) is 2.76. The highest BCUT2D eigenvalue weighted by Crippen LogP contribution is 2.28. The molecule has 5 nitrogen and oxygen atoms in total. The molecule has 0 aliphatic carbocycles. The first-order valence-electron chi connectivity index (χ1n) is 6.00. The van der Waals surface area contributed by atoms with E-state index in [1.807, 2.05) is 16.8 Å². The van der Waals surface area contributed by atoms with E-state index in [2.05, 4.69) is 32.7 Å². The third-order valence-corrected chi connectivity index (χ3v) is 3.92. The summed E-state index contributed by atoms with van der Waals surface area (Å²) >= 11 is 2.23. The van der Waals surface area contributed by atoms with Crippen LogP contribution in [0.15, 0.2) is 12.1 Å². The molecule has 0 N–H and O–H groups in total. The van der Waals surface area contributed by atoms with E-state index in [9.17, 15) is 0 Å². The maximum atomic E-state index is 5.78. The minimum atomic E-state index is 0.00405. The number of hydrogen-bond acceptors (Lipinski definition) is 4. The zero-order chi connectivity index (χ0) is 12.5. The maximum Gasteiger partial charge on any atom is 0.214 e. The summed E-state index contributed by atoms with van der Waals surface area (Å²) in [6, 6.07) is 3.85. The third kappa shape index (κ3) is 2.07. The predicted molar refractivity (Wildman–Crippen MR) is 75.6 cm³/mol. The summed E-state index contributed by atoms with van der Waals surface area (Å²) < 4.78 is 13.8. The molecule has 0 bridgehead atoms. The number of halogens is 1. The quantitative estimate of drug-likeness (QED) is 0.774. The molecule has 1 aliphatic heterocycles. The van der Waals surface area contributed by atoms with Crippen LogP contribution in [0, 0.1) is 3.70 Å². The van der Waals surface area contributed by atoms with Crippen molar-refractivity contribution in [3.8, 4) is 5.88 Å². The molecule has 3 rings (SSSR count). The van der Waals surface area contributed by atoms with Crippen LogP contribution >= 0.6 is 22.6 Å². The zero-order valence-corrected chi connectivity index (χ0v) is 12.3. The fourth-order valence-electron chi connectivity index (χ4n) is 2.19. The van der Waals surface area contributed by atoms with Crippen molar-refractivity contribution < 1.29 is 9.47 Å². The highest BCUT2D eigenvalue weighted by atomic mass is 127. The van der Waals surface area contributed by atoms with Gasteiger partial charge in [0.25, 0.3) is 0 Å². The SMILES string of the molecule is COc1ccc2c(I)nn(C3CCCCO3)c2n1. The van der Waals surface area contributed by atoms with Crippen molar-refractivity contribution in [2.24, 2.45) is 0 Å². The number of nitrogens with zero attached hydrogens (tertiary/aromatic N) is 3. The van der Waals surface area contributed by atoms with Gasteiger partial charge in [-0.2, -0.15) is 10.1 Å². The van der Waals surface area contributed by atoms with Crippen molar-refractivity contribution in [1.82, 2.24) is 14.8 Å². The molecule has 0 saturated carbocycles. The molecule has 18 heavy (non-hydrogen) atoms. The van der Waals surface area contributed by atoms with Gasteiger partial charge in [0.1, 0.15) is 3.70 Å². The van der Waals surface area contributed by atoms with Gasteiger partial charge in [-0.25, -0.2) is 4.68 Å². The Morgan fingerprint density at radius 1 is 1.44 bits per heavy atom. The molecule has 0 aromatic carbocycles. The van der Waals surface area contributed by atoms with Crippen LogP contribution in [0.2, 0.25) is 0 Å². The summed E-state index contributed by atoms with van der Waals surface area (Å²) in [4.78, 5) is 4.48. The Morgan fingerprint density at radius 3 is 3.06 bits per heavy atom. The van der Waals surface area contributed by atoms with E-state index in [0.717, 1.165) is 34.2 Å². The Kier molecular flexibility index (Phi) is 3.38. The molecule has 1 atom stereocenters. The molecule has 1 unspecified atom stereocenters. The van der Waals surface area contributed by atoms with Crippen LogP contribution in [0.1, 0.15) is 25.5 Å². The first-order valence-corrected chi connectivity index (χ1v) is 7.08. The fourth-order valence-corrected chi connectivity index (χ4v) is 2.85. The lowest BCUT2D eigenvalue weighted by molar-refractivity contribution is -0.0372. The zero-order valence-electron chi connectivity index (χ0n) is 10.1. The molecule has 6 heteroatoms. The van der Waals surface area contributed by atoms with E-state index in [1.54, 1.807) is 7.11 Å². The molecule has 0 amide bonds. The van der Waals surface area contributed by atoms with Gasteiger partial charge < -0.3 is 9.47 Å². The first kappa shape index (κ1) is 12.2. The molecule has 1 fully saturated rings. The van der Waals surface area contributed by atoms with Crippen molar-refractivity contribution >= 4 is 33.6 Å². The van der Waals surface area contributed by atoms with E-state index in [4.69, 9.17) is 9.47 Å². The molecule has 2 aromatic heterocycles. The van der Waals surface area contributed by atoms with E-state index in [0.29, 0.717) is 5.88 Å². The largest absolute Gasteiger partial charge is 0.481 e. The second-order valence-electron chi connectivity index (χ2n) is 4.28. The lowest BCUT2D eigenvalue weighted by Gasteiger charge is -2.22. The summed E-state index contributed by atoms with van der Waals surface area (Å²) in [6.07, 6.45) is 3.30. The van der Waals surface area contributed by atoms with Gasteiger partial charge in [-0.05, 0) is 47.9 Å². The lowest BCUT2D eigenvalue weighted by atomic mass is 10.2. The molecule has 3 heterocycles. The van der Waals surface area contributed by atoms with Gasteiger partial charge in [-0.1, -0.05) is 0 Å². The normalized spacial score (nSPS) is 20.2. The fraction of sp³-hybridized carbons (Fsp3) is 0.500. The van der Waals surface area contributed by atoms with Crippen LogP contribution in [0.5, 0.6) is 5.88 Å². The van der Waals surface area contributed by atoms with Gasteiger partial charge in [-0.15, -0.1) is 0 Å². The minimum absolute atomic E-state index is 0.00405. The van der Waals surface area contributed by atoms with Crippen molar-refractivity contribution in [3.05, 3.63) is 15.8 Å². The summed E-state index contributed by atoms with van der Waals surface area (Å²) in [5, 5.41) is 5.60. The van der Waals surface area contributed by atoms with E-state index in [-0.39, 0.29) is 6.23 Å². The van der Waals surface area contributed by atoms with Crippen LogP contribution in [-0.4, -0.2) is 28.5 Å². The minimum Gasteiger partial charge on any atom is -0.481 e. The highest BCUT2D eigenvalue weighted by molar-refractivity contribution is 14.1. The summed E-state index contributed by atoms with van der Waals surface area (Å²) in [5.74, 6) is 0.607. The Labute approximate surface area is 119 Å². The Hall–Kier alpha value is -0.890. The lowest BCUT2D eigenvalue weighted by Crippen LogP contribution is -2.19. The molecular formula is C12H14IN3O2. The van der Waals surface area contributed by atoms with E-state index < -0.39 is 0 Å². The molecule has 0 spiro atoms. The number of pyridine rings is 1. The van der Waals surface area contributed by atoms with Crippen LogP contribution in [0.3, 0.4) is 0 Å². The van der Waals surface area contributed by atoms with Crippen LogP contribution < -0.4 is 4.74 Å². The van der Waals surface area contributed by atoms with Crippen molar-refractivity contribution in [3.63, 3.8) is 0 Å². The number of ether oxygens (including phenoxy) is 2. The van der Waals surface area contributed by atoms with Crippen LogP contribution in [-0.2, 0) is 4.74 Å². The van der Waals surface area contributed by atoms with Gasteiger partial charge in [0, 0.05) is 12.7 Å². The van der Waals surface area contributed by atoms with Gasteiger partial charge in [0.05, 0.1) is 12.5 Å². The summed E-state index contributed by atoms with van der Waals surface area (Å²) in [6.45, 7) is 0.798. The Morgan fingerprint density at radius 2 is 2.33 bits per heavy atom. The number of rotatable bonds is 2. The molecule has 96 valence electrons. The topological polar surface area (TPSA) is 49.2 Å². The van der Waals surface area contributed by atoms with E-state index in [1.165, 1.54) is 6.42 Å². The predicted octanol–water partition coefficient (Wildman–Crippen LogP) is 2.74. The number of fused-ring (bicyclic) bond motifs is 1.